The smallest absolute Gasteiger partial charge is 0.317 e. The van der Waals surface area contributed by atoms with Crippen molar-refractivity contribution in [3.05, 3.63) is 34.9 Å². The van der Waals surface area contributed by atoms with Gasteiger partial charge in [-0.2, -0.15) is 0 Å². The molecule has 2 saturated carbocycles. The van der Waals surface area contributed by atoms with Crippen LogP contribution in [0.15, 0.2) is 24.3 Å². The molecule has 6 heteroatoms. The number of hydrogen-bond donors (Lipinski definition) is 2. The minimum Gasteiger partial charge on any atom is -0.480 e. The first-order chi connectivity index (χ1) is 11.5. The average molecular weight is 351 g/mol. The van der Waals surface area contributed by atoms with Crippen LogP contribution in [0.25, 0.3) is 0 Å². The van der Waals surface area contributed by atoms with Gasteiger partial charge in [-0.25, -0.2) is 0 Å². The Morgan fingerprint density at radius 3 is 2.62 bits per heavy atom. The standard InChI is InChI=1S/C18H23ClN2O3/c1-2-21(10-17(22)23)12-7-11(8-12)20-18(24)15-9-14(15)13-5-3-4-6-16(13)19/h3-6,11-12,14-15H,2,7-10H2,1H3,(H,20,24)(H,22,23). The number of likely N-dealkylation sites (N-methyl/N-ethyl adjacent to an activating group) is 1. The van der Waals surface area contributed by atoms with Crippen molar-refractivity contribution in [2.75, 3.05) is 13.1 Å². The Balaban J connectivity index is 1.45. The number of carbonyl (C=O) groups excluding carboxylic acids is 1. The average Bonchev–Trinajstić information content (AvgIpc) is 3.29. The summed E-state index contributed by atoms with van der Waals surface area (Å²) in [5.74, 6) is -0.450. The van der Waals surface area contributed by atoms with Gasteiger partial charge in [-0.05, 0) is 43.4 Å². The third-order valence-corrected chi connectivity index (χ3v) is 5.50. The van der Waals surface area contributed by atoms with E-state index in [-0.39, 0.29) is 36.4 Å². The van der Waals surface area contributed by atoms with Crippen LogP contribution in [0.5, 0.6) is 0 Å². The highest BCUT2D eigenvalue weighted by molar-refractivity contribution is 6.31. The predicted molar refractivity (Wildman–Crippen MR) is 92.1 cm³/mol. The van der Waals surface area contributed by atoms with E-state index >= 15 is 0 Å². The SMILES string of the molecule is CCN(CC(=O)O)C1CC(NC(=O)C2CC2c2ccccc2Cl)C1. The summed E-state index contributed by atoms with van der Waals surface area (Å²) in [6.07, 6.45) is 2.51. The summed E-state index contributed by atoms with van der Waals surface area (Å²) in [4.78, 5) is 25.2. The largest absolute Gasteiger partial charge is 0.480 e. The maximum absolute atomic E-state index is 12.4. The van der Waals surface area contributed by atoms with Gasteiger partial charge in [0, 0.05) is 23.0 Å². The van der Waals surface area contributed by atoms with Gasteiger partial charge in [0.2, 0.25) is 5.91 Å². The molecule has 1 aromatic rings. The zero-order valence-corrected chi connectivity index (χ0v) is 14.5. The molecule has 0 aromatic heterocycles. The zero-order chi connectivity index (χ0) is 17.3. The van der Waals surface area contributed by atoms with E-state index in [1.54, 1.807) is 0 Å². The molecule has 2 N–H and O–H groups in total. The van der Waals surface area contributed by atoms with Crippen molar-refractivity contribution < 1.29 is 14.7 Å². The maximum Gasteiger partial charge on any atom is 0.317 e. The zero-order valence-electron chi connectivity index (χ0n) is 13.7. The van der Waals surface area contributed by atoms with Gasteiger partial charge in [0.1, 0.15) is 0 Å². The lowest BCUT2D eigenvalue weighted by atomic mass is 9.85. The molecule has 0 bridgehead atoms. The minimum atomic E-state index is -0.801. The van der Waals surface area contributed by atoms with Gasteiger partial charge in [-0.15, -0.1) is 0 Å². The van der Waals surface area contributed by atoms with Gasteiger partial charge >= 0.3 is 5.97 Å². The Morgan fingerprint density at radius 1 is 1.29 bits per heavy atom. The van der Waals surface area contributed by atoms with Crippen LogP contribution in [0.2, 0.25) is 5.02 Å². The first-order valence-corrected chi connectivity index (χ1v) is 8.88. The fraction of sp³-hybridized carbons (Fsp3) is 0.556. The number of hydrogen-bond acceptors (Lipinski definition) is 3. The van der Waals surface area contributed by atoms with E-state index in [1.165, 1.54) is 0 Å². The molecule has 3 rings (SSSR count). The number of amides is 1. The van der Waals surface area contributed by atoms with E-state index in [2.05, 4.69) is 5.32 Å². The van der Waals surface area contributed by atoms with Gasteiger partial charge < -0.3 is 10.4 Å². The Hall–Kier alpha value is -1.59. The summed E-state index contributed by atoms with van der Waals surface area (Å²) in [7, 11) is 0. The fourth-order valence-corrected chi connectivity index (χ4v) is 3.87. The lowest BCUT2D eigenvalue weighted by Gasteiger charge is -2.42. The number of benzene rings is 1. The van der Waals surface area contributed by atoms with E-state index in [1.807, 2.05) is 36.1 Å². The van der Waals surface area contributed by atoms with Gasteiger partial charge in [0.05, 0.1) is 6.54 Å². The second kappa shape index (κ2) is 7.11. The molecule has 2 fully saturated rings. The van der Waals surface area contributed by atoms with E-state index in [9.17, 15) is 9.59 Å². The van der Waals surface area contributed by atoms with Crippen LogP contribution >= 0.6 is 11.6 Å². The Morgan fingerprint density at radius 2 is 2.00 bits per heavy atom. The van der Waals surface area contributed by atoms with E-state index in [0.29, 0.717) is 0 Å². The van der Waals surface area contributed by atoms with Crippen LogP contribution < -0.4 is 5.32 Å². The molecule has 0 heterocycles. The van der Waals surface area contributed by atoms with Crippen molar-refractivity contribution in [3.63, 3.8) is 0 Å². The molecule has 1 aromatic carbocycles. The number of carboxylic acid groups (broad SMARTS) is 1. The minimum absolute atomic E-state index is 0.0187. The Bertz CT molecular complexity index is 630. The lowest BCUT2D eigenvalue weighted by molar-refractivity contribution is -0.139. The van der Waals surface area contributed by atoms with Crippen molar-refractivity contribution in [1.29, 1.82) is 0 Å². The normalized spacial score (nSPS) is 28.3. The molecule has 2 aliphatic rings. The number of nitrogens with zero attached hydrogens (tertiary/aromatic N) is 1. The molecule has 130 valence electrons. The van der Waals surface area contributed by atoms with Crippen molar-refractivity contribution in [2.45, 2.75) is 44.2 Å². The number of nitrogens with one attached hydrogen (secondary N) is 1. The highest BCUT2D eigenvalue weighted by Crippen LogP contribution is 2.49. The molecule has 5 nitrogen and oxygen atoms in total. The Kier molecular flexibility index (Phi) is 5.11. The van der Waals surface area contributed by atoms with Crippen LogP contribution in [0, 0.1) is 5.92 Å². The van der Waals surface area contributed by atoms with E-state index < -0.39 is 5.97 Å². The summed E-state index contributed by atoms with van der Waals surface area (Å²) in [6, 6.07) is 8.13. The van der Waals surface area contributed by atoms with Crippen LogP contribution in [0.4, 0.5) is 0 Å². The van der Waals surface area contributed by atoms with Gasteiger partial charge in [0.25, 0.3) is 0 Å². The molecular weight excluding hydrogens is 328 g/mol. The quantitative estimate of drug-likeness (QED) is 0.792. The van der Waals surface area contributed by atoms with Crippen LogP contribution in [0.1, 0.15) is 37.7 Å². The maximum atomic E-state index is 12.4. The molecule has 0 saturated heterocycles. The first-order valence-electron chi connectivity index (χ1n) is 8.50. The third-order valence-electron chi connectivity index (χ3n) is 5.15. The van der Waals surface area contributed by atoms with E-state index in [0.717, 1.165) is 36.4 Å². The molecule has 2 unspecified atom stereocenters. The van der Waals surface area contributed by atoms with Crippen LogP contribution in [0.3, 0.4) is 0 Å². The Labute approximate surface area is 147 Å². The number of aliphatic carboxylic acids is 1. The second-order valence-electron chi connectivity index (χ2n) is 6.76. The summed E-state index contributed by atoms with van der Waals surface area (Å²) < 4.78 is 0. The molecular formula is C18H23ClN2O3. The highest BCUT2D eigenvalue weighted by Gasteiger charge is 2.46. The van der Waals surface area contributed by atoms with Crippen molar-refractivity contribution in [3.8, 4) is 0 Å². The molecule has 0 radical (unpaired) electrons. The first kappa shape index (κ1) is 17.2. The summed E-state index contributed by atoms with van der Waals surface area (Å²) in [6.45, 7) is 2.75. The molecule has 2 atom stereocenters. The molecule has 0 spiro atoms. The fourth-order valence-electron chi connectivity index (χ4n) is 3.59. The summed E-state index contributed by atoms with van der Waals surface area (Å²) in [5.41, 5.74) is 1.06. The van der Waals surface area contributed by atoms with Crippen LogP contribution in [-0.4, -0.2) is 47.1 Å². The van der Waals surface area contributed by atoms with Crippen molar-refractivity contribution in [1.82, 2.24) is 10.2 Å². The van der Waals surface area contributed by atoms with Crippen molar-refractivity contribution in [2.24, 2.45) is 5.92 Å². The number of rotatable bonds is 7. The molecule has 24 heavy (non-hydrogen) atoms. The van der Waals surface area contributed by atoms with Crippen molar-refractivity contribution >= 4 is 23.5 Å². The predicted octanol–water partition coefficient (Wildman–Crippen LogP) is 2.50. The molecule has 1 amide bonds. The van der Waals surface area contributed by atoms with Gasteiger partial charge in [0.15, 0.2) is 0 Å². The second-order valence-corrected chi connectivity index (χ2v) is 7.16. The monoisotopic (exact) mass is 350 g/mol. The highest BCUT2D eigenvalue weighted by atomic mass is 35.5. The van der Waals surface area contributed by atoms with Gasteiger partial charge in [-0.1, -0.05) is 36.7 Å². The third kappa shape index (κ3) is 3.73. The number of halogens is 1. The summed E-state index contributed by atoms with van der Waals surface area (Å²) in [5, 5.41) is 12.7. The van der Waals surface area contributed by atoms with Crippen LogP contribution in [-0.2, 0) is 9.59 Å². The molecule has 0 aliphatic heterocycles. The molecule has 2 aliphatic carbocycles. The summed E-state index contributed by atoms with van der Waals surface area (Å²) >= 11 is 6.20. The van der Waals surface area contributed by atoms with E-state index in [4.69, 9.17) is 16.7 Å². The van der Waals surface area contributed by atoms with Gasteiger partial charge in [-0.3, -0.25) is 14.5 Å². The number of carbonyl (C=O) groups is 2. The number of carboxylic acids is 1. The topological polar surface area (TPSA) is 69.6 Å². The lowest BCUT2D eigenvalue weighted by Crippen LogP contribution is -2.55.